The van der Waals surface area contributed by atoms with Gasteiger partial charge in [0, 0.05) is 12.4 Å². The first kappa shape index (κ1) is 22.7. The molecular formula is C23H21N3O5S2. The molecule has 0 unspecified atom stereocenters. The average molecular weight is 484 g/mol. The lowest BCUT2D eigenvalue weighted by Gasteiger charge is -2.20. The molecule has 1 amide bonds. The highest BCUT2D eigenvalue weighted by Crippen LogP contribution is 2.35. The third-order valence-corrected chi connectivity index (χ3v) is 7.58. The Morgan fingerprint density at radius 1 is 1.03 bits per heavy atom. The maximum atomic E-state index is 13.3. The first-order chi connectivity index (χ1) is 15.9. The Hall–Kier alpha value is -3.50. The predicted molar refractivity (Wildman–Crippen MR) is 127 cm³/mol. The number of thiazole rings is 1. The second-order valence-electron chi connectivity index (χ2n) is 7.08. The summed E-state index contributed by atoms with van der Waals surface area (Å²) in [6.45, 7) is 0.132. The van der Waals surface area contributed by atoms with E-state index in [-0.39, 0.29) is 11.4 Å². The number of fused-ring (bicyclic) bond motifs is 1. The molecule has 0 atom stereocenters. The van der Waals surface area contributed by atoms with Crippen molar-refractivity contribution in [2.24, 2.45) is 0 Å². The Morgan fingerprint density at radius 2 is 1.82 bits per heavy atom. The van der Waals surface area contributed by atoms with E-state index in [0.717, 1.165) is 10.3 Å². The van der Waals surface area contributed by atoms with E-state index >= 15 is 0 Å². The van der Waals surface area contributed by atoms with Crippen LogP contribution in [-0.2, 0) is 21.2 Å². The number of para-hydroxylation sites is 1. The highest BCUT2D eigenvalue weighted by atomic mass is 32.2. The highest BCUT2D eigenvalue weighted by molar-refractivity contribution is 7.92. The number of ether oxygens (including phenoxy) is 2. The van der Waals surface area contributed by atoms with Crippen molar-refractivity contribution in [3.05, 3.63) is 72.6 Å². The maximum absolute atomic E-state index is 13.3. The molecule has 0 saturated heterocycles. The number of pyridine rings is 1. The third kappa shape index (κ3) is 4.96. The summed E-state index contributed by atoms with van der Waals surface area (Å²) >= 11 is 1.29. The van der Waals surface area contributed by atoms with Crippen LogP contribution in [-0.4, -0.2) is 44.3 Å². The zero-order valence-electron chi connectivity index (χ0n) is 18.0. The summed E-state index contributed by atoms with van der Waals surface area (Å²) in [7, 11) is -0.837. The van der Waals surface area contributed by atoms with Crippen LogP contribution in [0.25, 0.3) is 10.2 Å². The van der Waals surface area contributed by atoms with Gasteiger partial charge in [-0.2, -0.15) is 0 Å². The lowest BCUT2D eigenvalue weighted by molar-refractivity contribution is -0.116. The fourth-order valence-electron chi connectivity index (χ4n) is 3.24. The molecule has 0 fully saturated rings. The van der Waals surface area contributed by atoms with Gasteiger partial charge in [-0.1, -0.05) is 23.5 Å². The topological polar surface area (TPSA) is 98.7 Å². The van der Waals surface area contributed by atoms with E-state index in [2.05, 4.69) is 9.97 Å². The van der Waals surface area contributed by atoms with Crippen LogP contribution in [0.15, 0.2) is 71.9 Å². The number of anilines is 1. The van der Waals surface area contributed by atoms with Crippen LogP contribution in [0.4, 0.5) is 5.13 Å². The van der Waals surface area contributed by atoms with E-state index < -0.39 is 21.5 Å². The smallest absolute Gasteiger partial charge is 0.244 e. The van der Waals surface area contributed by atoms with Crippen molar-refractivity contribution in [2.75, 3.05) is 24.9 Å². The zero-order chi connectivity index (χ0) is 23.4. The van der Waals surface area contributed by atoms with Gasteiger partial charge in [0.1, 0.15) is 22.8 Å². The summed E-state index contributed by atoms with van der Waals surface area (Å²) < 4.78 is 37.2. The summed E-state index contributed by atoms with van der Waals surface area (Å²) in [6, 6.07) is 15.0. The van der Waals surface area contributed by atoms with Crippen molar-refractivity contribution in [2.45, 2.75) is 11.4 Å². The van der Waals surface area contributed by atoms with Crippen molar-refractivity contribution in [3.8, 4) is 11.5 Å². The van der Waals surface area contributed by atoms with Gasteiger partial charge < -0.3 is 9.47 Å². The van der Waals surface area contributed by atoms with Crippen LogP contribution in [0.2, 0.25) is 0 Å². The van der Waals surface area contributed by atoms with E-state index in [9.17, 15) is 13.2 Å². The number of methoxy groups -OCH3 is 2. The van der Waals surface area contributed by atoms with Crippen LogP contribution in [0.5, 0.6) is 11.5 Å². The molecule has 33 heavy (non-hydrogen) atoms. The number of nitrogens with zero attached hydrogens (tertiary/aromatic N) is 3. The summed E-state index contributed by atoms with van der Waals surface area (Å²) in [5, 5.41) is 0.383. The standard InChI is InChI=1S/C23H21N3O5S2/c1-30-17-8-10-18(11-9-17)33(28,29)15-21(27)26(14-16-5-4-12-24-13-16)23-25-22-19(31-2)6-3-7-20(22)32-23/h3-13H,14-15H2,1-2H3. The molecule has 10 heteroatoms. The van der Waals surface area contributed by atoms with Crippen LogP contribution >= 0.6 is 11.3 Å². The molecule has 4 rings (SSSR count). The van der Waals surface area contributed by atoms with Crippen LogP contribution in [0.1, 0.15) is 5.56 Å². The average Bonchev–Trinajstić information content (AvgIpc) is 3.27. The zero-order valence-corrected chi connectivity index (χ0v) is 19.6. The largest absolute Gasteiger partial charge is 0.497 e. The molecule has 4 aromatic rings. The fraction of sp³-hybridized carbons (Fsp3) is 0.174. The van der Waals surface area contributed by atoms with Gasteiger partial charge in [0.05, 0.1) is 30.4 Å². The Balaban J connectivity index is 1.69. The minimum atomic E-state index is -3.88. The van der Waals surface area contributed by atoms with Gasteiger partial charge in [-0.05, 0) is 48.0 Å². The molecule has 2 aromatic heterocycles. The molecule has 0 spiro atoms. The summed E-state index contributed by atoms with van der Waals surface area (Å²) in [5.74, 6) is -0.184. The number of hydrogen-bond acceptors (Lipinski definition) is 8. The number of amides is 1. The molecule has 0 aliphatic rings. The number of rotatable bonds is 8. The van der Waals surface area contributed by atoms with Gasteiger partial charge in [-0.25, -0.2) is 13.4 Å². The van der Waals surface area contributed by atoms with Crippen LogP contribution in [0.3, 0.4) is 0 Å². The van der Waals surface area contributed by atoms with E-state index in [4.69, 9.17) is 9.47 Å². The van der Waals surface area contributed by atoms with Crippen LogP contribution in [0, 0.1) is 0 Å². The monoisotopic (exact) mass is 483 g/mol. The van der Waals surface area contributed by atoms with Crippen molar-refractivity contribution in [3.63, 3.8) is 0 Å². The minimum absolute atomic E-state index is 0.0453. The number of carbonyl (C=O) groups is 1. The Kier molecular flexibility index (Phi) is 6.57. The molecular weight excluding hydrogens is 462 g/mol. The number of hydrogen-bond donors (Lipinski definition) is 0. The second kappa shape index (κ2) is 9.55. The van der Waals surface area contributed by atoms with Gasteiger partial charge >= 0.3 is 0 Å². The molecule has 2 heterocycles. The fourth-order valence-corrected chi connectivity index (χ4v) is 5.43. The van der Waals surface area contributed by atoms with Gasteiger partial charge in [-0.15, -0.1) is 0 Å². The Morgan fingerprint density at radius 3 is 2.48 bits per heavy atom. The summed E-state index contributed by atoms with van der Waals surface area (Å²) in [4.78, 5) is 23.4. The van der Waals surface area contributed by atoms with Crippen LogP contribution < -0.4 is 14.4 Å². The molecule has 0 radical (unpaired) electrons. The molecule has 0 saturated carbocycles. The van der Waals surface area contributed by atoms with E-state index in [1.807, 2.05) is 18.2 Å². The maximum Gasteiger partial charge on any atom is 0.244 e. The molecule has 0 bridgehead atoms. The van der Waals surface area contributed by atoms with Crippen molar-refractivity contribution >= 4 is 42.4 Å². The molecule has 0 aliphatic carbocycles. The molecule has 170 valence electrons. The summed E-state index contributed by atoms with van der Waals surface area (Å²) in [5.41, 5.74) is 1.36. The lowest BCUT2D eigenvalue weighted by Crippen LogP contribution is -2.35. The third-order valence-electron chi connectivity index (χ3n) is 4.92. The molecule has 0 aliphatic heterocycles. The minimum Gasteiger partial charge on any atom is -0.497 e. The first-order valence-electron chi connectivity index (χ1n) is 9.91. The van der Waals surface area contributed by atoms with Gasteiger partial charge in [0.15, 0.2) is 15.0 Å². The van der Waals surface area contributed by atoms with E-state index in [0.29, 0.717) is 22.1 Å². The van der Waals surface area contributed by atoms with Crippen molar-refractivity contribution in [1.82, 2.24) is 9.97 Å². The van der Waals surface area contributed by atoms with Crippen molar-refractivity contribution < 1.29 is 22.7 Å². The lowest BCUT2D eigenvalue weighted by atomic mass is 10.2. The normalized spacial score (nSPS) is 11.3. The van der Waals surface area contributed by atoms with E-state index in [1.54, 1.807) is 43.8 Å². The van der Waals surface area contributed by atoms with Gasteiger partial charge in [0.2, 0.25) is 5.91 Å². The highest BCUT2D eigenvalue weighted by Gasteiger charge is 2.27. The number of benzene rings is 2. The predicted octanol–water partition coefficient (Wildman–Crippen LogP) is 3.72. The number of carbonyl (C=O) groups excluding carboxylic acids is 1. The molecule has 8 nitrogen and oxygen atoms in total. The van der Waals surface area contributed by atoms with E-state index in [1.165, 1.54) is 35.5 Å². The summed E-state index contributed by atoms with van der Waals surface area (Å²) in [6.07, 6.45) is 3.26. The quantitative estimate of drug-likeness (QED) is 0.377. The molecule has 2 aromatic carbocycles. The second-order valence-corrected chi connectivity index (χ2v) is 10.1. The van der Waals surface area contributed by atoms with Gasteiger partial charge in [0.25, 0.3) is 0 Å². The van der Waals surface area contributed by atoms with Crippen molar-refractivity contribution in [1.29, 1.82) is 0 Å². The number of aromatic nitrogens is 2. The Bertz CT molecular complexity index is 1370. The Labute approximate surface area is 195 Å². The first-order valence-corrected chi connectivity index (χ1v) is 12.4. The number of sulfone groups is 1. The SMILES string of the molecule is COc1ccc(S(=O)(=O)CC(=O)N(Cc2cccnc2)c2nc3c(OC)cccc3s2)cc1. The molecule has 0 N–H and O–H groups in total. The van der Waals surface area contributed by atoms with Gasteiger partial charge in [-0.3, -0.25) is 14.7 Å².